The molecule has 0 bridgehead atoms. The molecule has 1 atom stereocenters. The van der Waals surface area contributed by atoms with Gasteiger partial charge in [-0.15, -0.1) is 0 Å². The van der Waals surface area contributed by atoms with Gasteiger partial charge in [-0.25, -0.2) is 0 Å². The lowest BCUT2D eigenvalue weighted by atomic mass is 9.97. The van der Waals surface area contributed by atoms with E-state index in [0.717, 1.165) is 29.8 Å². The summed E-state index contributed by atoms with van der Waals surface area (Å²) in [7, 11) is 0. The lowest BCUT2D eigenvalue weighted by Crippen LogP contribution is -2.14. The highest BCUT2D eigenvalue weighted by molar-refractivity contribution is 5.91. The van der Waals surface area contributed by atoms with Crippen LogP contribution >= 0.6 is 0 Å². The number of anilines is 1. The predicted octanol–water partition coefficient (Wildman–Crippen LogP) is 4.72. The molecule has 3 aromatic rings. The Balaban J connectivity index is 1.35. The third-order valence-corrected chi connectivity index (χ3v) is 4.93. The Kier molecular flexibility index (Phi) is 5.15. The molecule has 1 amide bonds. The zero-order chi connectivity index (χ0) is 18.5. The zero-order valence-electron chi connectivity index (χ0n) is 15.1. The summed E-state index contributed by atoms with van der Waals surface area (Å²) in [5.74, 6) is 1.08. The number of pyridine rings is 1. The van der Waals surface area contributed by atoms with Gasteiger partial charge in [0.25, 0.3) is 0 Å². The minimum absolute atomic E-state index is 0.0427. The van der Waals surface area contributed by atoms with Crippen LogP contribution in [0, 0.1) is 0 Å². The highest BCUT2D eigenvalue weighted by Gasteiger charge is 2.24. The predicted molar refractivity (Wildman–Crippen MR) is 106 cm³/mol. The van der Waals surface area contributed by atoms with Crippen LogP contribution in [0.4, 0.5) is 5.69 Å². The number of amides is 1. The number of benzene rings is 2. The first-order valence-electron chi connectivity index (χ1n) is 9.27. The third kappa shape index (κ3) is 4.34. The van der Waals surface area contributed by atoms with Gasteiger partial charge in [0, 0.05) is 36.1 Å². The molecule has 4 heteroatoms. The maximum absolute atomic E-state index is 12.5. The lowest BCUT2D eigenvalue weighted by molar-refractivity contribution is -0.116. The fourth-order valence-electron chi connectivity index (χ4n) is 3.61. The molecule has 2 aromatic carbocycles. The van der Waals surface area contributed by atoms with Crippen LogP contribution in [0.1, 0.15) is 35.4 Å². The number of fused-ring (bicyclic) bond motifs is 1. The summed E-state index contributed by atoms with van der Waals surface area (Å²) >= 11 is 0. The topological polar surface area (TPSA) is 51.2 Å². The quantitative estimate of drug-likeness (QED) is 0.694. The minimum Gasteiger partial charge on any atom is -0.489 e. The average Bonchev–Trinajstić information content (AvgIpc) is 3.10. The molecule has 1 aliphatic rings. The van der Waals surface area contributed by atoms with Crippen LogP contribution in [0.25, 0.3) is 0 Å². The van der Waals surface area contributed by atoms with Crippen LogP contribution in [0.2, 0.25) is 0 Å². The maximum atomic E-state index is 12.5. The molecule has 1 N–H and O–H groups in total. The van der Waals surface area contributed by atoms with Crippen LogP contribution < -0.4 is 10.1 Å². The molecule has 27 heavy (non-hydrogen) atoms. The van der Waals surface area contributed by atoms with E-state index in [1.165, 1.54) is 11.1 Å². The summed E-state index contributed by atoms with van der Waals surface area (Å²) in [5, 5.41) is 3.01. The molecule has 0 radical (unpaired) electrons. The van der Waals surface area contributed by atoms with E-state index in [0.29, 0.717) is 18.9 Å². The molecule has 0 saturated carbocycles. The van der Waals surface area contributed by atoms with Gasteiger partial charge in [-0.05, 0) is 48.1 Å². The van der Waals surface area contributed by atoms with Crippen LogP contribution in [0.5, 0.6) is 5.75 Å². The fourth-order valence-corrected chi connectivity index (χ4v) is 3.61. The SMILES string of the molecule is O=C(CC1CCc2ccccc21)Nc1cccc(OCc2cccnc2)c1. The Morgan fingerprint density at radius 2 is 2.04 bits per heavy atom. The van der Waals surface area contributed by atoms with Crippen molar-refractivity contribution in [2.24, 2.45) is 0 Å². The molecule has 136 valence electrons. The van der Waals surface area contributed by atoms with E-state index < -0.39 is 0 Å². The van der Waals surface area contributed by atoms with Gasteiger partial charge in [0.1, 0.15) is 12.4 Å². The molecule has 0 saturated heterocycles. The molecule has 1 aromatic heterocycles. The summed E-state index contributed by atoms with van der Waals surface area (Å²) in [6, 6.07) is 19.8. The fraction of sp³-hybridized carbons (Fsp3) is 0.217. The summed E-state index contributed by atoms with van der Waals surface area (Å²) in [4.78, 5) is 16.6. The second-order valence-corrected chi connectivity index (χ2v) is 6.86. The average molecular weight is 358 g/mol. The minimum atomic E-state index is 0.0427. The van der Waals surface area contributed by atoms with Gasteiger partial charge in [0.05, 0.1) is 0 Å². The Labute approximate surface area is 159 Å². The molecule has 4 nitrogen and oxygen atoms in total. The van der Waals surface area contributed by atoms with Gasteiger partial charge in [-0.2, -0.15) is 0 Å². The van der Waals surface area contributed by atoms with Gasteiger partial charge in [-0.1, -0.05) is 36.4 Å². The largest absolute Gasteiger partial charge is 0.489 e. The van der Waals surface area contributed by atoms with Crippen molar-refractivity contribution in [3.63, 3.8) is 0 Å². The molecule has 1 aliphatic carbocycles. The molecule has 0 spiro atoms. The standard InChI is InChI=1S/C23H22N2O2/c26-23(13-19-11-10-18-6-1-2-9-22(18)19)25-20-7-3-8-21(14-20)27-16-17-5-4-12-24-15-17/h1-9,12,14-15,19H,10-11,13,16H2,(H,25,26). The molecular weight excluding hydrogens is 336 g/mol. The number of ether oxygens (including phenoxy) is 1. The summed E-state index contributed by atoms with van der Waals surface area (Å²) in [5.41, 5.74) is 4.46. The number of carbonyl (C=O) groups is 1. The summed E-state index contributed by atoms with van der Waals surface area (Å²) in [6.45, 7) is 0.449. The van der Waals surface area contributed by atoms with E-state index >= 15 is 0 Å². The van der Waals surface area contributed by atoms with Crippen molar-refractivity contribution in [1.29, 1.82) is 0 Å². The van der Waals surface area contributed by atoms with Gasteiger partial charge in [-0.3, -0.25) is 9.78 Å². The van der Waals surface area contributed by atoms with Gasteiger partial charge < -0.3 is 10.1 Å². The Morgan fingerprint density at radius 3 is 2.93 bits per heavy atom. The number of carbonyl (C=O) groups excluding carboxylic acids is 1. The smallest absolute Gasteiger partial charge is 0.224 e. The molecule has 4 rings (SSSR count). The number of nitrogens with one attached hydrogen (secondary N) is 1. The van der Waals surface area contributed by atoms with Crippen molar-refractivity contribution in [3.8, 4) is 5.75 Å². The van der Waals surface area contributed by atoms with Gasteiger partial charge in [0.15, 0.2) is 0 Å². The van der Waals surface area contributed by atoms with E-state index in [1.807, 2.05) is 36.4 Å². The molecule has 0 fully saturated rings. The highest BCUT2D eigenvalue weighted by atomic mass is 16.5. The van der Waals surface area contributed by atoms with E-state index in [2.05, 4.69) is 34.6 Å². The second kappa shape index (κ2) is 8.04. The first-order chi connectivity index (χ1) is 13.3. The number of aryl methyl sites for hydroxylation is 1. The van der Waals surface area contributed by atoms with E-state index in [4.69, 9.17) is 4.74 Å². The number of rotatable bonds is 6. The zero-order valence-corrected chi connectivity index (χ0v) is 15.1. The summed E-state index contributed by atoms with van der Waals surface area (Å²) in [6.07, 6.45) is 6.14. The van der Waals surface area contributed by atoms with E-state index in [-0.39, 0.29) is 5.91 Å². The lowest BCUT2D eigenvalue weighted by Gasteiger charge is -2.13. The van der Waals surface area contributed by atoms with Crippen molar-refractivity contribution < 1.29 is 9.53 Å². The Bertz CT molecular complexity index is 924. The molecule has 0 aliphatic heterocycles. The van der Waals surface area contributed by atoms with Crippen molar-refractivity contribution in [1.82, 2.24) is 4.98 Å². The number of hydrogen-bond donors (Lipinski definition) is 1. The third-order valence-electron chi connectivity index (χ3n) is 4.93. The van der Waals surface area contributed by atoms with Crippen LogP contribution in [-0.4, -0.2) is 10.9 Å². The van der Waals surface area contributed by atoms with Gasteiger partial charge >= 0.3 is 0 Å². The normalized spacial score (nSPS) is 15.2. The second-order valence-electron chi connectivity index (χ2n) is 6.86. The van der Waals surface area contributed by atoms with Crippen LogP contribution in [0.3, 0.4) is 0 Å². The first kappa shape index (κ1) is 17.3. The molecule has 1 heterocycles. The van der Waals surface area contributed by atoms with Crippen LogP contribution in [0.15, 0.2) is 73.1 Å². The van der Waals surface area contributed by atoms with Crippen molar-refractivity contribution in [2.75, 3.05) is 5.32 Å². The summed E-state index contributed by atoms with van der Waals surface area (Å²) < 4.78 is 5.80. The Morgan fingerprint density at radius 1 is 1.11 bits per heavy atom. The Hall–Kier alpha value is -3.14. The van der Waals surface area contributed by atoms with Crippen molar-refractivity contribution >= 4 is 11.6 Å². The number of nitrogens with zero attached hydrogens (tertiary/aromatic N) is 1. The van der Waals surface area contributed by atoms with E-state index in [1.54, 1.807) is 12.4 Å². The van der Waals surface area contributed by atoms with Gasteiger partial charge in [0.2, 0.25) is 5.91 Å². The maximum Gasteiger partial charge on any atom is 0.224 e. The highest BCUT2D eigenvalue weighted by Crippen LogP contribution is 2.35. The monoisotopic (exact) mass is 358 g/mol. The molecular formula is C23H22N2O2. The van der Waals surface area contributed by atoms with E-state index in [9.17, 15) is 4.79 Å². The van der Waals surface area contributed by atoms with Crippen LogP contribution in [-0.2, 0) is 17.8 Å². The molecule has 1 unspecified atom stereocenters. The number of hydrogen-bond acceptors (Lipinski definition) is 3. The van der Waals surface area contributed by atoms with Crippen molar-refractivity contribution in [2.45, 2.75) is 31.8 Å². The van der Waals surface area contributed by atoms with Crippen molar-refractivity contribution in [3.05, 3.63) is 89.7 Å². The first-order valence-corrected chi connectivity index (χ1v) is 9.27. The number of aromatic nitrogens is 1.